The van der Waals surface area contributed by atoms with Crippen molar-refractivity contribution in [3.05, 3.63) is 54.2 Å². The highest BCUT2D eigenvalue weighted by atomic mass is 16.5. The van der Waals surface area contributed by atoms with Crippen molar-refractivity contribution < 1.29 is 14.3 Å². The van der Waals surface area contributed by atoms with Crippen LogP contribution in [0, 0.1) is 0 Å². The molecule has 2 aliphatic heterocycles. The normalized spacial score (nSPS) is 18.1. The van der Waals surface area contributed by atoms with Gasteiger partial charge in [0, 0.05) is 50.4 Å². The lowest BCUT2D eigenvalue weighted by atomic mass is 9.96. The van der Waals surface area contributed by atoms with Gasteiger partial charge < -0.3 is 20.3 Å². The summed E-state index contributed by atoms with van der Waals surface area (Å²) in [7, 11) is 1.91. The van der Waals surface area contributed by atoms with Crippen LogP contribution in [-0.2, 0) is 16.6 Å². The first kappa shape index (κ1) is 19.7. The minimum Gasteiger partial charge on any atom is -0.376 e. The highest BCUT2D eigenvalue weighted by Crippen LogP contribution is 2.25. The van der Waals surface area contributed by atoms with Crippen LogP contribution >= 0.6 is 0 Å². The van der Waals surface area contributed by atoms with Gasteiger partial charge in [-0.2, -0.15) is 5.10 Å². The van der Waals surface area contributed by atoms with E-state index in [-0.39, 0.29) is 25.0 Å². The number of ether oxygens (including phenoxy) is 1. The molecule has 8 nitrogen and oxygen atoms in total. The number of hydrogen-bond donors (Lipinski definition) is 1. The first-order valence-electron chi connectivity index (χ1n) is 10.4. The smallest absolute Gasteiger partial charge is 0.253 e. The topological polar surface area (TPSA) is 93.7 Å². The van der Waals surface area contributed by atoms with E-state index >= 15 is 0 Å². The van der Waals surface area contributed by atoms with Gasteiger partial charge in [0.25, 0.3) is 5.91 Å². The van der Waals surface area contributed by atoms with Crippen molar-refractivity contribution in [2.24, 2.45) is 12.8 Å². The Labute approximate surface area is 180 Å². The lowest BCUT2D eigenvalue weighted by molar-refractivity contribution is -0.155. The number of benzene rings is 2. The molecular formula is C23H25N5O3. The number of carbonyl (C=O) groups is 2. The molecule has 2 amide bonds. The minimum atomic E-state index is -0.889. The standard InChI is InChI=1S/C23H25N5O3/c1-26-13-19-7-6-18(12-20(19)25-26)16-2-4-17(5-3-16)21(29)27-8-10-28(11-9-27)22(30)23(24)14-31-15-23/h2-7,12-13H,8-11,14-15,24H2,1H3. The molecule has 5 rings (SSSR count). The molecule has 2 aromatic carbocycles. The molecule has 8 heteroatoms. The summed E-state index contributed by atoms with van der Waals surface area (Å²) in [5.41, 5.74) is 8.85. The van der Waals surface area contributed by atoms with Gasteiger partial charge in [-0.25, -0.2) is 0 Å². The van der Waals surface area contributed by atoms with E-state index in [9.17, 15) is 9.59 Å². The number of fused-ring (bicyclic) bond motifs is 1. The molecule has 0 bridgehead atoms. The Morgan fingerprint density at radius 1 is 0.968 bits per heavy atom. The highest BCUT2D eigenvalue weighted by molar-refractivity contribution is 5.95. The zero-order chi connectivity index (χ0) is 21.6. The molecule has 2 N–H and O–H groups in total. The van der Waals surface area contributed by atoms with Crippen LogP contribution < -0.4 is 5.73 Å². The third kappa shape index (κ3) is 3.58. The van der Waals surface area contributed by atoms with Gasteiger partial charge in [0.1, 0.15) is 5.54 Å². The van der Waals surface area contributed by atoms with E-state index in [0.29, 0.717) is 31.7 Å². The summed E-state index contributed by atoms with van der Waals surface area (Å²) in [4.78, 5) is 29.0. The summed E-state index contributed by atoms with van der Waals surface area (Å²) in [6.07, 6.45) is 1.99. The first-order valence-corrected chi connectivity index (χ1v) is 10.4. The van der Waals surface area contributed by atoms with E-state index in [1.54, 1.807) is 14.5 Å². The second-order valence-electron chi connectivity index (χ2n) is 8.39. The largest absolute Gasteiger partial charge is 0.376 e. The molecule has 1 aromatic heterocycles. The number of aromatic nitrogens is 2. The molecule has 0 aliphatic carbocycles. The Hall–Kier alpha value is -3.23. The van der Waals surface area contributed by atoms with Gasteiger partial charge in [0.2, 0.25) is 5.91 Å². The second-order valence-corrected chi connectivity index (χ2v) is 8.39. The molecule has 0 radical (unpaired) electrons. The fraction of sp³-hybridized carbons (Fsp3) is 0.348. The monoisotopic (exact) mass is 419 g/mol. The summed E-state index contributed by atoms with van der Waals surface area (Å²) < 4.78 is 6.89. The van der Waals surface area contributed by atoms with Crippen LogP contribution in [0.2, 0.25) is 0 Å². The maximum Gasteiger partial charge on any atom is 0.253 e. The Morgan fingerprint density at radius 2 is 1.61 bits per heavy atom. The number of nitrogens with two attached hydrogens (primary N) is 1. The number of rotatable bonds is 3. The van der Waals surface area contributed by atoms with Gasteiger partial charge in [-0.05, 0) is 29.3 Å². The third-order valence-electron chi connectivity index (χ3n) is 6.09. The maximum atomic E-state index is 12.9. The predicted molar refractivity (Wildman–Crippen MR) is 116 cm³/mol. The number of nitrogens with zero attached hydrogens (tertiary/aromatic N) is 4. The molecule has 0 spiro atoms. The molecule has 2 saturated heterocycles. The number of piperazine rings is 1. The molecule has 3 heterocycles. The first-order chi connectivity index (χ1) is 14.9. The van der Waals surface area contributed by atoms with Crippen LogP contribution in [0.15, 0.2) is 48.7 Å². The lowest BCUT2D eigenvalue weighted by Crippen LogP contribution is -2.68. The van der Waals surface area contributed by atoms with Crippen molar-refractivity contribution in [3.8, 4) is 11.1 Å². The van der Waals surface area contributed by atoms with E-state index in [1.807, 2.05) is 37.5 Å². The minimum absolute atomic E-state index is 0.0201. The fourth-order valence-electron chi connectivity index (χ4n) is 4.18. The molecule has 0 saturated carbocycles. The van der Waals surface area contributed by atoms with Gasteiger partial charge in [0.15, 0.2) is 0 Å². The van der Waals surface area contributed by atoms with Gasteiger partial charge in [-0.1, -0.05) is 24.3 Å². The number of amides is 2. The van der Waals surface area contributed by atoms with Gasteiger partial charge >= 0.3 is 0 Å². The van der Waals surface area contributed by atoms with E-state index in [1.165, 1.54) is 0 Å². The average Bonchev–Trinajstić information content (AvgIpc) is 3.16. The Morgan fingerprint density at radius 3 is 2.26 bits per heavy atom. The zero-order valence-corrected chi connectivity index (χ0v) is 17.5. The van der Waals surface area contributed by atoms with Crippen LogP contribution in [0.4, 0.5) is 0 Å². The molecule has 3 aromatic rings. The van der Waals surface area contributed by atoms with Crippen molar-refractivity contribution >= 4 is 22.7 Å². The summed E-state index contributed by atoms with van der Waals surface area (Å²) in [5, 5.41) is 5.56. The summed E-state index contributed by atoms with van der Waals surface area (Å²) >= 11 is 0. The van der Waals surface area contributed by atoms with Gasteiger partial charge in [-0.3, -0.25) is 14.3 Å². The highest BCUT2D eigenvalue weighted by Gasteiger charge is 2.45. The molecule has 0 atom stereocenters. The Bertz CT molecular complexity index is 1140. The number of aryl methyl sites for hydroxylation is 1. The van der Waals surface area contributed by atoms with Crippen LogP contribution in [0.25, 0.3) is 22.0 Å². The van der Waals surface area contributed by atoms with E-state index < -0.39 is 5.54 Å². The van der Waals surface area contributed by atoms with Crippen molar-refractivity contribution in [1.82, 2.24) is 19.6 Å². The molecule has 0 unspecified atom stereocenters. The number of hydrogen-bond acceptors (Lipinski definition) is 5. The molecule has 2 aliphatic rings. The Balaban J connectivity index is 1.24. The summed E-state index contributed by atoms with van der Waals surface area (Å²) in [6.45, 7) is 2.52. The van der Waals surface area contributed by atoms with E-state index in [2.05, 4.69) is 23.3 Å². The van der Waals surface area contributed by atoms with Crippen molar-refractivity contribution in [2.45, 2.75) is 5.54 Å². The van der Waals surface area contributed by atoms with Crippen LogP contribution in [-0.4, -0.2) is 76.3 Å². The van der Waals surface area contributed by atoms with Crippen LogP contribution in [0.3, 0.4) is 0 Å². The van der Waals surface area contributed by atoms with Crippen LogP contribution in [0.5, 0.6) is 0 Å². The van der Waals surface area contributed by atoms with Crippen molar-refractivity contribution in [1.29, 1.82) is 0 Å². The quantitative estimate of drug-likeness (QED) is 0.690. The SMILES string of the molecule is Cn1cc2ccc(-c3ccc(C(=O)N4CCN(C(=O)C5(N)COC5)CC4)cc3)cc2n1. The summed E-state index contributed by atoms with van der Waals surface area (Å²) in [6, 6.07) is 13.8. The maximum absolute atomic E-state index is 12.9. The van der Waals surface area contributed by atoms with Crippen LogP contribution in [0.1, 0.15) is 10.4 Å². The zero-order valence-electron chi connectivity index (χ0n) is 17.5. The summed E-state index contributed by atoms with van der Waals surface area (Å²) in [5.74, 6) is -0.103. The van der Waals surface area contributed by atoms with Crippen molar-refractivity contribution in [3.63, 3.8) is 0 Å². The predicted octanol–water partition coefficient (Wildman–Crippen LogP) is 1.25. The average molecular weight is 419 g/mol. The van der Waals surface area contributed by atoms with E-state index in [4.69, 9.17) is 10.5 Å². The van der Waals surface area contributed by atoms with Gasteiger partial charge in [-0.15, -0.1) is 0 Å². The lowest BCUT2D eigenvalue weighted by Gasteiger charge is -2.43. The Kier molecular flexibility index (Phi) is 4.75. The molecule has 31 heavy (non-hydrogen) atoms. The molecule has 160 valence electrons. The van der Waals surface area contributed by atoms with E-state index in [0.717, 1.165) is 22.0 Å². The second kappa shape index (κ2) is 7.47. The third-order valence-corrected chi connectivity index (χ3v) is 6.09. The molecular weight excluding hydrogens is 394 g/mol. The van der Waals surface area contributed by atoms with Crippen molar-refractivity contribution in [2.75, 3.05) is 39.4 Å². The van der Waals surface area contributed by atoms with Gasteiger partial charge in [0.05, 0.1) is 18.7 Å². The number of carbonyl (C=O) groups excluding carboxylic acids is 2. The fourth-order valence-corrected chi connectivity index (χ4v) is 4.18. The molecule has 2 fully saturated rings.